The van der Waals surface area contributed by atoms with Crippen molar-refractivity contribution in [2.75, 3.05) is 6.54 Å². The smallest absolute Gasteiger partial charge is 0.266 e. The maximum absolute atomic E-state index is 12.3. The molecule has 0 atom stereocenters. The Hall–Kier alpha value is -1.90. The lowest BCUT2D eigenvalue weighted by molar-refractivity contribution is -0.305. The molecule has 2 heterocycles. The van der Waals surface area contributed by atoms with Crippen LogP contribution in [-0.4, -0.2) is 27.6 Å². The van der Waals surface area contributed by atoms with Crippen LogP contribution >= 0.6 is 39.9 Å². The number of carbonyl (C=O) groups is 2. The molecule has 1 aromatic carbocycles. The lowest BCUT2D eigenvalue weighted by Crippen LogP contribution is -2.33. The molecule has 8 heteroatoms. The third-order valence-corrected chi connectivity index (χ3v) is 5.35. The third kappa shape index (κ3) is 4.20. The highest BCUT2D eigenvalue weighted by atomic mass is 79.9. The van der Waals surface area contributed by atoms with Crippen LogP contribution in [0.2, 0.25) is 0 Å². The summed E-state index contributed by atoms with van der Waals surface area (Å²) in [4.78, 5) is 24.6. The van der Waals surface area contributed by atoms with Gasteiger partial charge in [0.05, 0.1) is 4.91 Å². The molecule has 128 valence electrons. The van der Waals surface area contributed by atoms with Gasteiger partial charge in [-0.1, -0.05) is 52.0 Å². The lowest BCUT2D eigenvalue weighted by Gasteiger charge is -2.14. The molecule has 25 heavy (non-hydrogen) atoms. The van der Waals surface area contributed by atoms with Gasteiger partial charge in [-0.15, -0.1) is 0 Å². The largest absolute Gasteiger partial charge is 0.550 e. The van der Waals surface area contributed by atoms with Crippen LogP contribution in [0.5, 0.6) is 0 Å². The van der Waals surface area contributed by atoms with Gasteiger partial charge in [0.2, 0.25) is 0 Å². The van der Waals surface area contributed by atoms with E-state index in [1.807, 2.05) is 30.3 Å². The molecule has 1 aliphatic rings. The number of benzene rings is 1. The fraction of sp³-hybridized carbons (Fsp3) is 0.118. The van der Waals surface area contributed by atoms with Crippen LogP contribution in [-0.2, 0) is 9.59 Å². The number of nitrogens with zero attached hydrogens (tertiary/aromatic N) is 1. The molecule has 0 N–H and O–H groups in total. The van der Waals surface area contributed by atoms with Gasteiger partial charge < -0.3 is 14.3 Å². The van der Waals surface area contributed by atoms with Gasteiger partial charge in [-0.05, 0) is 24.3 Å². The van der Waals surface area contributed by atoms with Crippen molar-refractivity contribution in [3.63, 3.8) is 0 Å². The molecule has 0 bridgehead atoms. The van der Waals surface area contributed by atoms with Crippen molar-refractivity contribution in [1.29, 1.82) is 0 Å². The van der Waals surface area contributed by atoms with Gasteiger partial charge in [0, 0.05) is 35.0 Å². The summed E-state index contributed by atoms with van der Waals surface area (Å²) in [5.74, 6) is -0.328. The van der Waals surface area contributed by atoms with Crippen molar-refractivity contribution in [2.45, 2.75) is 6.42 Å². The minimum atomic E-state index is -1.22. The molecule has 3 rings (SSSR count). The number of halogens is 1. The summed E-state index contributed by atoms with van der Waals surface area (Å²) in [6, 6.07) is 11.3. The quantitative estimate of drug-likeness (QED) is 0.529. The number of carbonyl (C=O) groups excluding carboxylic acids is 2. The van der Waals surface area contributed by atoms with E-state index in [0.717, 1.165) is 21.8 Å². The van der Waals surface area contributed by atoms with Crippen LogP contribution in [0.4, 0.5) is 0 Å². The summed E-state index contributed by atoms with van der Waals surface area (Å²) in [6.45, 7) is 0.00659. The monoisotopic (exact) mass is 436 g/mol. The molecule has 1 amide bonds. The van der Waals surface area contributed by atoms with Gasteiger partial charge in [-0.2, -0.15) is 0 Å². The molecule has 0 saturated carbocycles. The van der Waals surface area contributed by atoms with Crippen LogP contribution in [0.3, 0.4) is 0 Å². The van der Waals surface area contributed by atoms with Crippen molar-refractivity contribution in [2.24, 2.45) is 0 Å². The van der Waals surface area contributed by atoms with Gasteiger partial charge in [0.1, 0.15) is 15.8 Å². The summed E-state index contributed by atoms with van der Waals surface area (Å²) in [7, 11) is 0. The number of amides is 1. The van der Waals surface area contributed by atoms with Gasteiger partial charge in [0.15, 0.2) is 0 Å². The SMILES string of the molecule is O=C([O-])CCN1C(=O)/C(=C/c2ccc(-c3ccc(Br)cc3)o2)SC1=S. The molecule has 0 unspecified atom stereocenters. The Labute approximate surface area is 161 Å². The first kappa shape index (κ1) is 17.9. The van der Waals surface area contributed by atoms with Crippen molar-refractivity contribution in [1.82, 2.24) is 4.90 Å². The fourth-order valence-corrected chi connectivity index (χ4v) is 3.78. The minimum Gasteiger partial charge on any atom is -0.550 e. The van der Waals surface area contributed by atoms with Crippen LogP contribution in [0.1, 0.15) is 12.2 Å². The zero-order valence-corrected chi connectivity index (χ0v) is 15.9. The first-order chi connectivity index (χ1) is 11.9. The molecule has 2 aromatic rings. The van der Waals surface area contributed by atoms with Gasteiger partial charge >= 0.3 is 0 Å². The average Bonchev–Trinajstić information content (AvgIpc) is 3.12. The van der Waals surface area contributed by atoms with Crippen molar-refractivity contribution < 1.29 is 19.1 Å². The van der Waals surface area contributed by atoms with E-state index in [-0.39, 0.29) is 18.9 Å². The maximum atomic E-state index is 12.3. The van der Waals surface area contributed by atoms with Crippen LogP contribution in [0, 0.1) is 0 Å². The first-order valence-electron chi connectivity index (χ1n) is 7.25. The number of thiocarbonyl (C=S) groups is 1. The van der Waals surface area contributed by atoms with E-state index >= 15 is 0 Å². The molecule has 0 aliphatic carbocycles. The summed E-state index contributed by atoms with van der Waals surface area (Å²) < 4.78 is 7.07. The number of hydrogen-bond donors (Lipinski definition) is 0. The highest BCUT2D eigenvalue weighted by molar-refractivity contribution is 9.10. The van der Waals surface area contributed by atoms with Crippen LogP contribution < -0.4 is 5.11 Å². The number of aliphatic carboxylic acids is 1. The van der Waals surface area contributed by atoms with E-state index < -0.39 is 5.97 Å². The average molecular weight is 437 g/mol. The van der Waals surface area contributed by atoms with Crippen molar-refractivity contribution in [3.8, 4) is 11.3 Å². The highest BCUT2D eigenvalue weighted by Crippen LogP contribution is 2.33. The molecule has 1 saturated heterocycles. The number of furan rings is 1. The van der Waals surface area contributed by atoms with Crippen LogP contribution in [0.25, 0.3) is 17.4 Å². The molecular formula is C17H11BrNO4S2-. The van der Waals surface area contributed by atoms with E-state index in [1.54, 1.807) is 12.1 Å². The van der Waals surface area contributed by atoms with Gasteiger partial charge in [-0.25, -0.2) is 0 Å². The molecule has 1 fully saturated rings. The Balaban J connectivity index is 1.77. The Kier molecular flexibility index (Phi) is 5.41. The molecule has 0 radical (unpaired) electrons. The van der Waals surface area contributed by atoms with E-state index in [9.17, 15) is 14.7 Å². The summed E-state index contributed by atoms with van der Waals surface area (Å²) in [6.07, 6.45) is 1.36. The fourth-order valence-electron chi connectivity index (χ4n) is 2.22. The molecular weight excluding hydrogens is 426 g/mol. The topological polar surface area (TPSA) is 73.6 Å². The van der Waals surface area contributed by atoms with E-state index in [1.165, 1.54) is 4.90 Å². The van der Waals surface area contributed by atoms with Gasteiger partial charge in [-0.3, -0.25) is 9.69 Å². The second-order valence-electron chi connectivity index (χ2n) is 5.16. The van der Waals surface area contributed by atoms with E-state index in [2.05, 4.69) is 15.9 Å². The molecule has 5 nitrogen and oxygen atoms in total. The number of carboxylic acids is 1. The lowest BCUT2D eigenvalue weighted by atomic mass is 10.2. The zero-order valence-electron chi connectivity index (χ0n) is 12.7. The second kappa shape index (κ2) is 7.55. The Bertz CT molecular complexity index is 873. The van der Waals surface area contributed by atoms with Gasteiger partial charge in [0.25, 0.3) is 5.91 Å². The van der Waals surface area contributed by atoms with Crippen molar-refractivity contribution in [3.05, 3.63) is 51.5 Å². The summed E-state index contributed by atoms with van der Waals surface area (Å²) in [5, 5.41) is 10.6. The number of carboxylic acid groups (broad SMARTS) is 1. The predicted octanol–water partition coefficient (Wildman–Crippen LogP) is 3.05. The van der Waals surface area contributed by atoms with Crippen LogP contribution in [0.15, 0.2) is 50.2 Å². The van der Waals surface area contributed by atoms with E-state index in [0.29, 0.717) is 20.7 Å². The number of rotatable bonds is 5. The summed E-state index contributed by atoms with van der Waals surface area (Å²) >= 11 is 9.64. The Morgan fingerprint density at radius 3 is 2.68 bits per heavy atom. The predicted molar refractivity (Wildman–Crippen MR) is 101 cm³/mol. The molecule has 1 aliphatic heterocycles. The standard InChI is InChI=1S/C17H12BrNO4S2/c18-11-3-1-10(2-4-11)13-6-5-12(23-13)9-14-16(22)19(17(24)25-14)8-7-15(20)21/h1-6,9H,7-8H2,(H,20,21)/p-1/b14-9-. The Morgan fingerprint density at radius 1 is 1.28 bits per heavy atom. The maximum Gasteiger partial charge on any atom is 0.266 e. The highest BCUT2D eigenvalue weighted by Gasteiger charge is 2.31. The minimum absolute atomic E-state index is 0.00659. The second-order valence-corrected chi connectivity index (χ2v) is 7.76. The van der Waals surface area contributed by atoms with E-state index in [4.69, 9.17) is 16.6 Å². The zero-order chi connectivity index (χ0) is 18.0. The Morgan fingerprint density at radius 2 is 2.00 bits per heavy atom. The first-order valence-corrected chi connectivity index (χ1v) is 9.27. The third-order valence-electron chi connectivity index (χ3n) is 3.44. The normalized spacial score (nSPS) is 16.0. The van der Waals surface area contributed by atoms with Crippen molar-refractivity contribution >= 4 is 62.2 Å². The number of thioether (sulfide) groups is 1. The molecule has 0 spiro atoms. The molecule has 1 aromatic heterocycles. The summed E-state index contributed by atoms with van der Waals surface area (Å²) in [5.41, 5.74) is 0.921. The number of hydrogen-bond acceptors (Lipinski definition) is 6.